The van der Waals surface area contributed by atoms with Gasteiger partial charge in [0.2, 0.25) is 0 Å². The number of fused-ring (bicyclic) bond motifs is 3. The fraction of sp³-hybridized carbons (Fsp3) is 1.00. The van der Waals surface area contributed by atoms with E-state index in [0.717, 1.165) is 12.8 Å². The molecule has 1 heterocycles. The predicted molar refractivity (Wildman–Crippen MR) is 82.7 cm³/mol. The van der Waals surface area contributed by atoms with Crippen molar-refractivity contribution in [1.29, 1.82) is 0 Å². The van der Waals surface area contributed by atoms with Crippen molar-refractivity contribution >= 4 is 0 Å². The van der Waals surface area contributed by atoms with Gasteiger partial charge in [0.25, 0.3) is 0 Å². The van der Waals surface area contributed by atoms with E-state index in [1.54, 1.807) is 0 Å². The van der Waals surface area contributed by atoms with Crippen LogP contribution in [0, 0.1) is 22.7 Å². The summed E-state index contributed by atoms with van der Waals surface area (Å²) in [6.07, 6.45) is 4.90. The van der Waals surface area contributed by atoms with E-state index in [0.29, 0.717) is 11.8 Å². The smallest absolute Gasteiger partial charge is 0.164 e. The van der Waals surface area contributed by atoms with Crippen LogP contribution in [0.4, 0.5) is 0 Å². The molecule has 1 unspecified atom stereocenters. The lowest BCUT2D eigenvalue weighted by atomic mass is 9.61. The first-order valence-electron chi connectivity index (χ1n) is 8.65. The van der Waals surface area contributed by atoms with Crippen LogP contribution in [0.5, 0.6) is 0 Å². The maximum absolute atomic E-state index is 7.13. The van der Waals surface area contributed by atoms with Gasteiger partial charge in [0.05, 0.1) is 11.7 Å². The summed E-state index contributed by atoms with van der Waals surface area (Å²) in [6.45, 7) is 13.6. The molecule has 4 rings (SSSR count). The fourth-order valence-electron chi connectivity index (χ4n) is 7.02. The van der Waals surface area contributed by atoms with Gasteiger partial charge in [0.15, 0.2) is 5.79 Å². The topological polar surface area (TPSA) is 44.5 Å². The average Bonchev–Trinajstić information content (AvgIpc) is 2.79. The number of hydrogen-bond donors (Lipinski definition) is 1. The van der Waals surface area contributed by atoms with Crippen molar-refractivity contribution in [3.05, 3.63) is 0 Å². The number of ether oxygens (including phenoxy) is 2. The lowest BCUT2D eigenvalue weighted by Crippen LogP contribution is -2.58. The Hall–Kier alpha value is -0.120. The van der Waals surface area contributed by atoms with Crippen LogP contribution in [0.2, 0.25) is 0 Å². The highest BCUT2D eigenvalue weighted by Gasteiger charge is 2.78. The molecule has 1 saturated heterocycles. The molecule has 4 fully saturated rings. The molecule has 1 spiro atoms. The molecule has 6 atom stereocenters. The summed E-state index contributed by atoms with van der Waals surface area (Å²) in [7, 11) is 0. The van der Waals surface area contributed by atoms with Gasteiger partial charge in [0.1, 0.15) is 0 Å². The molecule has 120 valence electrons. The van der Waals surface area contributed by atoms with E-state index in [-0.39, 0.29) is 28.1 Å². The highest BCUT2D eigenvalue weighted by molar-refractivity contribution is 5.30. The molecule has 0 aromatic heterocycles. The minimum absolute atomic E-state index is 0.0612. The fourth-order valence-corrected chi connectivity index (χ4v) is 7.02. The minimum Gasteiger partial charge on any atom is -0.344 e. The van der Waals surface area contributed by atoms with Gasteiger partial charge in [-0.3, -0.25) is 0 Å². The standard InChI is InChI=1S/C18H31NO2/c1-11-7-8-18(19)14(2,3)12-9-17(11,18)10-13-16(12,6)21-15(4,5)20-13/h11-13H,7-10,19H2,1-6H3/t11-,12-,13+,16+,17?,18-/m1/s1. The number of hydrogen-bond acceptors (Lipinski definition) is 3. The molecule has 0 aromatic carbocycles. The third kappa shape index (κ3) is 1.34. The van der Waals surface area contributed by atoms with Crippen molar-refractivity contribution in [3.63, 3.8) is 0 Å². The Morgan fingerprint density at radius 2 is 1.71 bits per heavy atom. The Balaban J connectivity index is 1.87. The van der Waals surface area contributed by atoms with Gasteiger partial charge in [0, 0.05) is 5.54 Å². The largest absolute Gasteiger partial charge is 0.344 e. The zero-order valence-corrected chi connectivity index (χ0v) is 14.5. The van der Waals surface area contributed by atoms with E-state index in [1.165, 1.54) is 12.8 Å². The van der Waals surface area contributed by atoms with Crippen LogP contribution in [0.3, 0.4) is 0 Å². The second kappa shape index (κ2) is 3.52. The summed E-state index contributed by atoms with van der Waals surface area (Å²) in [5.74, 6) is 0.720. The van der Waals surface area contributed by atoms with Crippen molar-refractivity contribution in [1.82, 2.24) is 0 Å². The Morgan fingerprint density at radius 1 is 1.05 bits per heavy atom. The average molecular weight is 293 g/mol. The molecule has 2 bridgehead atoms. The molecule has 3 saturated carbocycles. The van der Waals surface area contributed by atoms with Crippen LogP contribution >= 0.6 is 0 Å². The van der Waals surface area contributed by atoms with Crippen molar-refractivity contribution in [2.75, 3.05) is 0 Å². The van der Waals surface area contributed by atoms with Gasteiger partial charge in [-0.2, -0.15) is 0 Å². The summed E-state index contributed by atoms with van der Waals surface area (Å²) < 4.78 is 12.8. The summed E-state index contributed by atoms with van der Waals surface area (Å²) in [5.41, 5.74) is 7.23. The van der Waals surface area contributed by atoms with Crippen molar-refractivity contribution in [2.24, 2.45) is 28.4 Å². The lowest BCUT2D eigenvalue weighted by molar-refractivity contribution is -0.177. The quantitative estimate of drug-likeness (QED) is 0.744. The SMILES string of the molecule is C[C@@H]1CC[C@@]2(N)C(C)(C)[C@H]3CC12C[C@@H]1OC(C)(C)O[C@]13C. The molecule has 0 aromatic rings. The van der Waals surface area contributed by atoms with E-state index < -0.39 is 5.79 Å². The Bertz CT molecular complexity index is 497. The molecular weight excluding hydrogens is 262 g/mol. The maximum Gasteiger partial charge on any atom is 0.164 e. The monoisotopic (exact) mass is 293 g/mol. The summed E-state index contributed by atoms with van der Waals surface area (Å²) in [4.78, 5) is 0. The molecule has 3 heteroatoms. The first kappa shape index (κ1) is 14.5. The minimum atomic E-state index is -0.463. The van der Waals surface area contributed by atoms with Gasteiger partial charge in [-0.05, 0) is 69.1 Å². The zero-order chi connectivity index (χ0) is 15.5. The highest BCUT2D eigenvalue weighted by atomic mass is 16.8. The van der Waals surface area contributed by atoms with Gasteiger partial charge in [-0.25, -0.2) is 0 Å². The summed E-state index contributed by atoms with van der Waals surface area (Å²) in [6, 6.07) is 0. The third-order valence-electron chi connectivity index (χ3n) is 8.17. The van der Waals surface area contributed by atoms with E-state index in [4.69, 9.17) is 15.2 Å². The second-order valence-electron chi connectivity index (χ2n) is 9.54. The van der Waals surface area contributed by atoms with Crippen molar-refractivity contribution in [3.8, 4) is 0 Å². The Morgan fingerprint density at radius 3 is 2.38 bits per heavy atom. The molecule has 2 N–H and O–H groups in total. The van der Waals surface area contributed by atoms with Gasteiger partial charge >= 0.3 is 0 Å². The number of rotatable bonds is 0. The highest BCUT2D eigenvalue weighted by Crippen LogP contribution is 2.76. The van der Waals surface area contributed by atoms with E-state index >= 15 is 0 Å². The van der Waals surface area contributed by atoms with Gasteiger partial charge < -0.3 is 15.2 Å². The van der Waals surface area contributed by atoms with Crippen LogP contribution in [-0.4, -0.2) is 23.0 Å². The number of nitrogens with two attached hydrogens (primary N) is 1. The molecule has 3 nitrogen and oxygen atoms in total. The Labute approximate surface area is 128 Å². The first-order valence-corrected chi connectivity index (χ1v) is 8.65. The van der Waals surface area contributed by atoms with Crippen LogP contribution in [0.1, 0.15) is 67.2 Å². The molecule has 3 aliphatic carbocycles. The summed E-state index contributed by atoms with van der Waals surface area (Å²) >= 11 is 0. The normalized spacial score (nSPS) is 59.9. The van der Waals surface area contributed by atoms with Crippen LogP contribution in [-0.2, 0) is 9.47 Å². The molecule has 1 aliphatic heterocycles. The first-order chi connectivity index (χ1) is 9.49. The molecular formula is C18H31NO2. The van der Waals surface area contributed by atoms with Gasteiger partial charge in [-0.15, -0.1) is 0 Å². The molecule has 0 amide bonds. The third-order valence-corrected chi connectivity index (χ3v) is 8.17. The van der Waals surface area contributed by atoms with Crippen LogP contribution < -0.4 is 5.73 Å². The van der Waals surface area contributed by atoms with E-state index in [1.807, 2.05) is 0 Å². The summed E-state index contributed by atoms with van der Waals surface area (Å²) in [5, 5.41) is 0. The van der Waals surface area contributed by atoms with E-state index in [9.17, 15) is 0 Å². The Kier molecular flexibility index (Phi) is 2.42. The van der Waals surface area contributed by atoms with Gasteiger partial charge in [-0.1, -0.05) is 20.8 Å². The van der Waals surface area contributed by atoms with Crippen molar-refractivity contribution < 1.29 is 9.47 Å². The van der Waals surface area contributed by atoms with E-state index in [2.05, 4.69) is 41.5 Å². The van der Waals surface area contributed by atoms with Crippen molar-refractivity contribution in [2.45, 2.75) is 90.3 Å². The van der Waals surface area contributed by atoms with Crippen LogP contribution in [0.25, 0.3) is 0 Å². The second-order valence-corrected chi connectivity index (χ2v) is 9.54. The maximum atomic E-state index is 7.13. The molecule has 4 aliphatic rings. The molecule has 21 heavy (non-hydrogen) atoms. The zero-order valence-electron chi connectivity index (χ0n) is 14.5. The molecule has 0 radical (unpaired) electrons. The van der Waals surface area contributed by atoms with Crippen LogP contribution in [0.15, 0.2) is 0 Å². The predicted octanol–water partition coefficient (Wildman–Crippen LogP) is 3.46. The lowest BCUT2D eigenvalue weighted by Gasteiger charge is -2.47.